The van der Waals surface area contributed by atoms with E-state index in [0.717, 1.165) is 22.8 Å². The first-order valence-corrected chi connectivity index (χ1v) is 10.2. The fourth-order valence-corrected chi connectivity index (χ4v) is 4.52. The lowest BCUT2D eigenvalue weighted by Crippen LogP contribution is -2.46. The van der Waals surface area contributed by atoms with Gasteiger partial charge in [0.05, 0.1) is 10.9 Å². The number of nitrogens with zero attached hydrogens (tertiary/aromatic N) is 1. The molecule has 0 saturated carbocycles. The summed E-state index contributed by atoms with van der Waals surface area (Å²) in [5.41, 5.74) is 1.09. The monoisotopic (exact) mass is 378 g/mol. The number of carbonyl (C=O) groups is 2. The maximum absolute atomic E-state index is 12.9. The Kier molecular flexibility index (Phi) is 4.94. The van der Waals surface area contributed by atoms with Crippen molar-refractivity contribution in [2.24, 2.45) is 0 Å². The summed E-state index contributed by atoms with van der Waals surface area (Å²) in [7, 11) is 0. The standard InChI is InChI=1S/C22H22N2O2S/c1-15(17-10-4-8-16-7-2-3-9-18(16)17)23-21(25)19-11-5-13-24(19)22(26)20-12-6-14-27-20/h2-4,6-10,12,14-15,19H,5,11,13H2,1H3,(H,23,25)/t15-,19-/m0/s1. The lowest BCUT2D eigenvalue weighted by atomic mass is 9.99. The van der Waals surface area contributed by atoms with Gasteiger partial charge >= 0.3 is 0 Å². The molecule has 0 aliphatic carbocycles. The van der Waals surface area contributed by atoms with Crippen LogP contribution in [0.2, 0.25) is 0 Å². The number of fused-ring (bicyclic) bond motifs is 1. The van der Waals surface area contributed by atoms with E-state index in [-0.39, 0.29) is 17.9 Å². The number of hydrogen-bond donors (Lipinski definition) is 1. The number of carbonyl (C=O) groups excluding carboxylic acids is 2. The molecule has 138 valence electrons. The lowest BCUT2D eigenvalue weighted by Gasteiger charge is -2.25. The van der Waals surface area contributed by atoms with E-state index in [1.807, 2.05) is 42.6 Å². The SMILES string of the molecule is C[C@H](NC(=O)[C@@H]1CCCN1C(=O)c1cccs1)c1cccc2ccccc12. The molecule has 27 heavy (non-hydrogen) atoms. The summed E-state index contributed by atoms with van der Waals surface area (Å²) in [4.78, 5) is 28.1. The average Bonchev–Trinajstić information content (AvgIpc) is 3.38. The second-order valence-electron chi connectivity index (χ2n) is 6.93. The van der Waals surface area contributed by atoms with Crippen LogP contribution in [0.4, 0.5) is 0 Å². The number of likely N-dealkylation sites (tertiary alicyclic amines) is 1. The minimum atomic E-state index is -0.392. The highest BCUT2D eigenvalue weighted by molar-refractivity contribution is 7.12. The third kappa shape index (κ3) is 3.47. The molecule has 5 heteroatoms. The molecule has 0 spiro atoms. The molecular formula is C22H22N2O2S. The van der Waals surface area contributed by atoms with Crippen molar-refractivity contribution >= 4 is 33.9 Å². The van der Waals surface area contributed by atoms with E-state index in [9.17, 15) is 9.59 Å². The van der Waals surface area contributed by atoms with Crippen LogP contribution in [0.25, 0.3) is 10.8 Å². The van der Waals surface area contributed by atoms with E-state index in [0.29, 0.717) is 17.8 Å². The van der Waals surface area contributed by atoms with E-state index in [2.05, 4.69) is 29.6 Å². The summed E-state index contributed by atoms with van der Waals surface area (Å²) in [6.07, 6.45) is 1.57. The Morgan fingerprint density at radius 1 is 1.11 bits per heavy atom. The second-order valence-corrected chi connectivity index (χ2v) is 7.88. The van der Waals surface area contributed by atoms with Crippen LogP contribution in [0, 0.1) is 0 Å². The zero-order chi connectivity index (χ0) is 18.8. The maximum atomic E-state index is 12.9. The quantitative estimate of drug-likeness (QED) is 0.732. The Hall–Kier alpha value is -2.66. The molecule has 1 aromatic heterocycles. The Balaban J connectivity index is 1.52. The molecule has 0 bridgehead atoms. The van der Waals surface area contributed by atoms with Crippen LogP contribution in [0.3, 0.4) is 0 Å². The van der Waals surface area contributed by atoms with Gasteiger partial charge in [-0.1, -0.05) is 48.5 Å². The van der Waals surface area contributed by atoms with Gasteiger partial charge in [-0.15, -0.1) is 11.3 Å². The second kappa shape index (κ2) is 7.53. The molecule has 2 atom stereocenters. The Morgan fingerprint density at radius 2 is 1.93 bits per heavy atom. The van der Waals surface area contributed by atoms with Gasteiger partial charge in [0, 0.05) is 6.54 Å². The number of rotatable bonds is 4. The van der Waals surface area contributed by atoms with Gasteiger partial charge in [-0.25, -0.2) is 0 Å². The number of nitrogens with one attached hydrogen (secondary N) is 1. The van der Waals surface area contributed by atoms with Crippen molar-refractivity contribution in [3.63, 3.8) is 0 Å². The van der Waals surface area contributed by atoms with Crippen molar-refractivity contribution in [1.29, 1.82) is 0 Å². The molecule has 2 aromatic carbocycles. The predicted octanol–water partition coefficient (Wildman–Crippen LogP) is 4.38. The number of hydrogen-bond acceptors (Lipinski definition) is 3. The summed E-state index contributed by atoms with van der Waals surface area (Å²) in [6, 6.07) is 17.5. The fraction of sp³-hybridized carbons (Fsp3) is 0.273. The predicted molar refractivity (Wildman–Crippen MR) is 109 cm³/mol. The number of amides is 2. The zero-order valence-electron chi connectivity index (χ0n) is 15.2. The number of thiophene rings is 1. The normalized spacial score (nSPS) is 17.8. The molecule has 0 unspecified atom stereocenters. The summed E-state index contributed by atoms with van der Waals surface area (Å²) in [6.45, 7) is 2.64. The van der Waals surface area contributed by atoms with Crippen LogP contribution in [-0.2, 0) is 4.79 Å². The molecule has 1 fully saturated rings. The summed E-state index contributed by atoms with van der Waals surface area (Å²) >= 11 is 1.42. The minimum Gasteiger partial charge on any atom is -0.348 e. The van der Waals surface area contributed by atoms with Gasteiger partial charge in [-0.2, -0.15) is 0 Å². The van der Waals surface area contributed by atoms with Crippen molar-refractivity contribution in [1.82, 2.24) is 10.2 Å². The molecule has 1 aliphatic heterocycles. The van der Waals surface area contributed by atoms with Crippen LogP contribution in [-0.4, -0.2) is 29.3 Å². The average molecular weight is 378 g/mol. The van der Waals surface area contributed by atoms with Crippen LogP contribution in [0.1, 0.15) is 41.0 Å². The van der Waals surface area contributed by atoms with Crippen molar-refractivity contribution in [3.05, 3.63) is 70.4 Å². The molecule has 4 rings (SSSR count). The van der Waals surface area contributed by atoms with Crippen LogP contribution in [0.15, 0.2) is 60.0 Å². The van der Waals surface area contributed by atoms with E-state index < -0.39 is 6.04 Å². The van der Waals surface area contributed by atoms with Crippen molar-refractivity contribution < 1.29 is 9.59 Å². The highest BCUT2D eigenvalue weighted by atomic mass is 32.1. The molecule has 2 heterocycles. The fourth-order valence-electron chi connectivity index (χ4n) is 3.84. The van der Waals surface area contributed by atoms with Crippen molar-refractivity contribution in [2.75, 3.05) is 6.54 Å². The van der Waals surface area contributed by atoms with Crippen molar-refractivity contribution in [2.45, 2.75) is 31.8 Å². The summed E-state index contributed by atoms with van der Waals surface area (Å²) in [5.74, 6) is -0.113. The Labute approximate surface area is 162 Å². The molecule has 4 nitrogen and oxygen atoms in total. The maximum Gasteiger partial charge on any atom is 0.264 e. The Bertz CT molecular complexity index is 962. The van der Waals surface area contributed by atoms with Crippen LogP contribution >= 0.6 is 11.3 Å². The highest BCUT2D eigenvalue weighted by Crippen LogP contribution is 2.26. The molecule has 1 saturated heterocycles. The Morgan fingerprint density at radius 3 is 2.74 bits per heavy atom. The first kappa shape index (κ1) is 17.7. The van der Waals surface area contributed by atoms with Gasteiger partial charge in [0.2, 0.25) is 5.91 Å². The van der Waals surface area contributed by atoms with E-state index in [1.165, 1.54) is 11.3 Å². The molecule has 3 aromatic rings. The first-order valence-electron chi connectivity index (χ1n) is 9.27. The van der Waals surface area contributed by atoms with Gasteiger partial charge in [-0.05, 0) is 47.5 Å². The lowest BCUT2D eigenvalue weighted by molar-refractivity contribution is -0.125. The zero-order valence-corrected chi connectivity index (χ0v) is 16.0. The van der Waals surface area contributed by atoms with Crippen LogP contribution in [0.5, 0.6) is 0 Å². The molecule has 0 radical (unpaired) electrons. The highest BCUT2D eigenvalue weighted by Gasteiger charge is 2.35. The third-order valence-corrected chi connectivity index (χ3v) is 6.05. The van der Waals surface area contributed by atoms with Gasteiger partial charge in [-0.3, -0.25) is 9.59 Å². The molecular weight excluding hydrogens is 356 g/mol. The summed E-state index contributed by atoms with van der Waals surface area (Å²) in [5, 5.41) is 7.32. The topological polar surface area (TPSA) is 49.4 Å². The third-order valence-electron chi connectivity index (χ3n) is 5.20. The first-order chi connectivity index (χ1) is 13.1. The van der Waals surface area contributed by atoms with Gasteiger partial charge in [0.1, 0.15) is 6.04 Å². The van der Waals surface area contributed by atoms with E-state index in [1.54, 1.807) is 4.90 Å². The molecule has 1 aliphatic rings. The van der Waals surface area contributed by atoms with E-state index in [4.69, 9.17) is 0 Å². The van der Waals surface area contributed by atoms with Gasteiger partial charge < -0.3 is 10.2 Å². The number of benzene rings is 2. The van der Waals surface area contributed by atoms with Crippen LogP contribution < -0.4 is 5.32 Å². The van der Waals surface area contributed by atoms with Gasteiger partial charge in [0.25, 0.3) is 5.91 Å². The largest absolute Gasteiger partial charge is 0.348 e. The molecule has 1 N–H and O–H groups in total. The van der Waals surface area contributed by atoms with Crippen molar-refractivity contribution in [3.8, 4) is 0 Å². The smallest absolute Gasteiger partial charge is 0.264 e. The summed E-state index contributed by atoms with van der Waals surface area (Å²) < 4.78 is 0. The van der Waals surface area contributed by atoms with Gasteiger partial charge in [0.15, 0.2) is 0 Å². The molecule has 2 amide bonds. The van der Waals surface area contributed by atoms with E-state index >= 15 is 0 Å². The minimum absolute atomic E-state index is 0.0412.